The summed E-state index contributed by atoms with van der Waals surface area (Å²) in [5.41, 5.74) is 0.703. The van der Waals surface area contributed by atoms with Crippen LogP contribution in [0.4, 0.5) is 5.69 Å². The van der Waals surface area contributed by atoms with Crippen molar-refractivity contribution in [1.29, 1.82) is 0 Å². The Morgan fingerprint density at radius 3 is 2.23 bits per heavy atom. The van der Waals surface area contributed by atoms with Crippen LogP contribution in [-0.4, -0.2) is 60.8 Å². The monoisotopic (exact) mass is 587 g/mol. The smallest absolute Gasteiger partial charge is 0.246 e. The Morgan fingerprint density at radius 1 is 0.923 bits per heavy atom. The van der Waals surface area contributed by atoms with Gasteiger partial charge in [-0.25, -0.2) is 0 Å². The Bertz CT molecular complexity index is 1370. The van der Waals surface area contributed by atoms with Crippen molar-refractivity contribution in [3.8, 4) is 0 Å². The van der Waals surface area contributed by atoms with Crippen LogP contribution in [0.2, 0.25) is 15.1 Å². The first-order chi connectivity index (χ1) is 18.6. The van der Waals surface area contributed by atoms with Gasteiger partial charge in [0, 0.05) is 41.3 Å². The molecule has 10 heteroatoms. The molecule has 0 aromatic heterocycles. The zero-order valence-electron chi connectivity index (χ0n) is 21.3. The summed E-state index contributed by atoms with van der Waals surface area (Å²) >= 11 is 18.3. The Labute approximate surface area is 242 Å². The fraction of sp³-hybridized carbons (Fsp3) is 0.276. The molecule has 0 bridgehead atoms. The average Bonchev–Trinajstić information content (AvgIpc) is 2.93. The van der Waals surface area contributed by atoms with Crippen LogP contribution in [0.25, 0.3) is 0 Å². The minimum absolute atomic E-state index is 0.102. The van der Waals surface area contributed by atoms with E-state index in [0.29, 0.717) is 52.2 Å². The Balaban J connectivity index is 1.33. The number of likely N-dealkylation sites (tertiary alicyclic amines) is 1. The second-order valence-corrected chi connectivity index (χ2v) is 10.8. The maximum absolute atomic E-state index is 13.2. The zero-order chi connectivity index (χ0) is 28.2. The van der Waals surface area contributed by atoms with Crippen molar-refractivity contribution in [2.24, 2.45) is 0 Å². The van der Waals surface area contributed by atoms with Gasteiger partial charge < -0.3 is 15.3 Å². The molecule has 39 heavy (non-hydrogen) atoms. The molecular weight excluding hydrogens is 561 g/mol. The maximum Gasteiger partial charge on any atom is 0.246 e. The Hall–Kier alpha value is -2.94. The van der Waals surface area contributed by atoms with E-state index in [2.05, 4.69) is 5.32 Å². The number of hydrogen-bond acceptors (Lipinski definition) is 5. The largest absolute Gasteiger partial charge is 0.385 e. The molecule has 1 aliphatic heterocycles. The van der Waals surface area contributed by atoms with E-state index in [4.69, 9.17) is 34.8 Å². The molecule has 0 spiro atoms. The number of hydrogen-bond donors (Lipinski definition) is 2. The van der Waals surface area contributed by atoms with Crippen LogP contribution in [0.3, 0.4) is 0 Å². The second-order valence-electron chi connectivity index (χ2n) is 9.51. The van der Waals surface area contributed by atoms with Crippen LogP contribution in [-0.2, 0) is 15.2 Å². The highest BCUT2D eigenvalue weighted by Gasteiger charge is 2.34. The molecule has 1 fully saturated rings. The van der Waals surface area contributed by atoms with Crippen LogP contribution >= 0.6 is 34.8 Å². The van der Waals surface area contributed by atoms with Crippen molar-refractivity contribution in [3.05, 3.63) is 98.5 Å². The summed E-state index contributed by atoms with van der Waals surface area (Å²) in [6.45, 7) is 0.905. The SMILES string of the molecule is CN(C(=O)CNC(=O)CN1CCC(O)(c2ccc(Cl)cc2)CC1)c1ccc(Cl)cc1C(=O)c1ccccc1Cl. The van der Waals surface area contributed by atoms with Crippen LogP contribution in [0.5, 0.6) is 0 Å². The lowest BCUT2D eigenvalue weighted by atomic mass is 9.84. The Morgan fingerprint density at radius 2 is 1.56 bits per heavy atom. The topological polar surface area (TPSA) is 90.0 Å². The van der Waals surface area contributed by atoms with Gasteiger partial charge in [-0.15, -0.1) is 0 Å². The van der Waals surface area contributed by atoms with Crippen molar-refractivity contribution >= 4 is 58.1 Å². The predicted octanol–water partition coefficient (Wildman–Crippen LogP) is 4.94. The number of amides is 2. The summed E-state index contributed by atoms with van der Waals surface area (Å²) in [5.74, 6) is -1.09. The summed E-state index contributed by atoms with van der Waals surface area (Å²) < 4.78 is 0. The maximum atomic E-state index is 13.2. The van der Waals surface area contributed by atoms with Gasteiger partial charge in [-0.1, -0.05) is 59.1 Å². The van der Waals surface area contributed by atoms with E-state index in [1.807, 2.05) is 17.0 Å². The summed E-state index contributed by atoms with van der Waals surface area (Å²) in [6, 6.07) is 18.5. The molecule has 204 valence electrons. The molecule has 0 saturated carbocycles. The number of halogens is 3. The molecule has 0 aliphatic carbocycles. The minimum Gasteiger partial charge on any atom is -0.385 e. The molecule has 4 rings (SSSR count). The van der Waals surface area contributed by atoms with E-state index in [1.165, 1.54) is 18.0 Å². The molecule has 2 N–H and O–H groups in total. The molecule has 7 nitrogen and oxygen atoms in total. The average molecular weight is 589 g/mol. The summed E-state index contributed by atoms with van der Waals surface area (Å²) in [6.07, 6.45) is 0.949. The number of carbonyl (C=O) groups is 3. The first kappa shape index (κ1) is 29.1. The van der Waals surface area contributed by atoms with Gasteiger partial charge in [-0.3, -0.25) is 19.3 Å². The predicted molar refractivity (Wildman–Crippen MR) is 154 cm³/mol. The fourth-order valence-electron chi connectivity index (χ4n) is 4.59. The lowest BCUT2D eigenvalue weighted by Crippen LogP contribution is -2.47. The standard InChI is InChI=1S/C29H28Cl3N3O4/c1-34(25-11-10-21(31)16-23(25)28(38)22-4-2-3-5-24(22)32)27(37)17-33-26(36)18-35-14-12-29(39,13-15-35)19-6-8-20(30)9-7-19/h2-11,16,39H,12-15,17-18H2,1H3,(H,33,36). The Kier molecular flexibility index (Phi) is 9.31. The van der Waals surface area contributed by atoms with Gasteiger partial charge in [0.1, 0.15) is 0 Å². The number of anilines is 1. The lowest BCUT2D eigenvalue weighted by molar-refractivity contribution is -0.126. The van der Waals surface area contributed by atoms with Crippen LogP contribution in [0, 0.1) is 0 Å². The number of benzene rings is 3. The molecule has 0 unspecified atom stereocenters. The van der Waals surface area contributed by atoms with E-state index in [1.54, 1.807) is 48.5 Å². The first-order valence-electron chi connectivity index (χ1n) is 12.4. The molecular formula is C29H28Cl3N3O4. The van der Waals surface area contributed by atoms with Crippen LogP contribution < -0.4 is 10.2 Å². The van der Waals surface area contributed by atoms with Gasteiger partial charge in [0.25, 0.3) is 0 Å². The van der Waals surface area contributed by atoms with E-state index >= 15 is 0 Å². The van der Waals surface area contributed by atoms with Crippen molar-refractivity contribution in [1.82, 2.24) is 10.2 Å². The van der Waals surface area contributed by atoms with E-state index < -0.39 is 11.5 Å². The van der Waals surface area contributed by atoms with Gasteiger partial charge in [-0.2, -0.15) is 0 Å². The molecule has 1 aliphatic rings. The second kappa shape index (κ2) is 12.5. The van der Waals surface area contributed by atoms with E-state index in [0.717, 1.165) is 5.56 Å². The minimum atomic E-state index is -0.964. The number of piperidine rings is 1. The van der Waals surface area contributed by atoms with Gasteiger partial charge >= 0.3 is 0 Å². The van der Waals surface area contributed by atoms with Crippen molar-refractivity contribution in [2.75, 3.05) is 38.1 Å². The first-order valence-corrected chi connectivity index (χ1v) is 13.5. The third-order valence-electron chi connectivity index (χ3n) is 6.93. The van der Waals surface area contributed by atoms with Gasteiger partial charge in [0.15, 0.2) is 5.78 Å². The van der Waals surface area contributed by atoms with Gasteiger partial charge in [0.05, 0.1) is 29.4 Å². The third kappa shape index (κ3) is 6.99. The summed E-state index contributed by atoms with van der Waals surface area (Å²) in [7, 11) is 1.53. The molecule has 0 atom stereocenters. The van der Waals surface area contributed by atoms with Gasteiger partial charge in [-0.05, 0) is 60.9 Å². The van der Waals surface area contributed by atoms with Crippen LogP contribution in [0.15, 0.2) is 66.7 Å². The number of ketones is 1. The highest BCUT2D eigenvalue weighted by molar-refractivity contribution is 6.36. The lowest BCUT2D eigenvalue weighted by Gasteiger charge is -2.38. The number of aliphatic hydroxyl groups is 1. The number of nitrogens with one attached hydrogen (secondary N) is 1. The van der Waals surface area contributed by atoms with Crippen molar-refractivity contribution < 1.29 is 19.5 Å². The molecule has 3 aromatic rings. The summed E-state index contributed by atoms with van der Waals surface area (Å²) in [4.78, 5) is 42.0. The molecule has 0 radical (unpaired) electrons. The number of likely N-dealkylation sites (N-methyl/N-ethyl adjacent to an activating group) is 1. The van der Waals surface area contributed by atoms with Crippen molar-refractivity contribution in [3.63, 3.8) is 0 Å². The highest BCUT2D eigenvalue weighted by Crippen LogP contribution is 2.33. The van der Waals surface area contributed by atoms with Gasteiger partial charge in [0.2, 0.25) is 11.8 Å². The van der Waals surface area contributed by atoms with Crippen LogP contribution in [0.1, 0.15) is 34.3 Å². The fourth-order valence-corrected chi connectivity index (χ4v) is 5.11. The van der Waals surface area contributed by atoms with Crippen molar-refractivity contribution in [2.45, 2.75) is 18.4 Å². The van der Waals surface area contributed by atoms with E-state index in [9.17, 15) is 19.5 Å². The van der Waals surface area contributed by atoms with E-state index in [-0.39, 0.29) is 30.3 Å². The number of carbonyl (C=O) groups excluding carboxylic acids is 3. The molecule has 1 heterocycles. The quantitative estimate of drug-likeness (QED) is 0.364. The molecule has 1 saturated heterocycles. The summed E-state index contributed by atoms with van der Waals surface area (Å²) in [5, 5.41) is 14.9. The molecule has 2 amide bonds. The third-order valence-corrected chi connectivity index (χ3v) is 7.74. The molecule has 3 aromatic carbocycles. The number of rotatable bonds is 8. The normalized spacial score (nSPS) is 15.0. The number of nitrogens with zero attached hydrogens (tertiary/aromatic N) is 2. The zero-order valence-corrected chi connectivity index (χ0v) is 23.6. The highest BCUT2D eigenvalue weighted by atomic mass is 35.5.